The molecule has 0 saturated heterocycles. The highest BCUT2D eigenvalue weighted by molar-refractivity contribution is 5.75. The molecule has 4 saturated carbocycles. The van der Waals surface area contributed by atoms with Gasteiger partial charge in [-0.05, 0) is 86.9 Å². The van der Waals surface area contributed by atoms with Crippen LogP contribution in [0.25, 0.3) is 0 Å². The lowest BCUT2D eigenvalue weighted by Crippen LogP contribution is -2.58. The highest BCUT2D eigenvalue weighted by Gasteiger charge is 2.68. The Morgan fingerprint density at radius 2 is 1.83 bits per heavy atom. The van der Waals surface area contributed by atoms with Crippen LogP contribution in [0.4, 0.5) is 0 Å². The van der Waals surface area contributed by atoms with Gasteiger partial charge >= 0.3 is 5.97 Å². The fourth-order valence-corrected chi connectivity index (χ4v) is 8.06. The van der Waals surface area contributed by atoms with Gasteiger partial charge in [-0.25, -0.2) is 0 Å². The smallest absolute Gasteiger partial charge is 0.309 e. The van der Waals surface area contributed by atoms with Crippen molar-refractivity contribution in [2.24, 2.45) is 34.0 Å². The van der Waals surface area contributed by atoms with Gasteiger partial charge in [0.2, 0.25) is 0 Å². The lowest BCUT2D eigenvalue weighted by atomic mass is 9.41. The Labute approximate surface area is 144 Å². The van der Waals surface area contributed by atoms with Crippen LogP contribution in [-0.2, 0) is 4.79 Å². The number of carboxylic acids is 1. The lowest BCUT2D eigenvalue weighted by Gasteiger charge is -2.63. The van der Waals surface area contributed by atoms with Crippen molar-refractivity contribution >= 4 is 5.97 Å². The van der Waals surface area contributed by atoms with Crippen molar-refractivity contribution in [2.75, 3.05) is 6.61 Å². The molecule has 3 N–H and O–H groups in total. The van der Waals surface area contributed by atoms with Crippen molar-refractivity contribution in [1.82, 2.24) is 0 Å². The molecule has 0 amide bonds. The molecule has 4 rings (SSSR count). The molecule has 0 aliphatic heterocycles. The number of hydrogen-bond acceptors (Lipinski definition) is 3. The second-order valence-electron chi connectivity index (χ2n) is 10.0. The molecule has 7 atom stereocenters. The van der Waals surface area contributed by atoms with Gasteiger partial charge < -0.3 is 15.3 Å². The molecule has 0 aromatic heterocycles. The fourth-order valence-electron chi connectivity index (χ4n) is 8.06. The van der Waals surface area contributed by atoms with Gasteiger partial charge in [0, 0.05) is 0 Å². The van der Waals surface area contributed by atoms with Gasteiger partial charge in [-0.15, -0.1) is 0 Å². The Morgan fingerprint density at radius 1 is 1.08 bits per heavy atom. The number of carbonyl (C=O) groups is 1. The van der Waals surface area contributed by atoms with E-state index in [-0.39, 0.29) is 29.3 Å². The summed E-state index contributed by atoms with van der Waals surface area (Å²) >= 11 is 0. The number of aliphatic carboxylic acids is 1. The summed E-state index contributed by atoms with van der Waals surface area (Å²) in [7, 11) is 0. The number of carboxylic acid groups (broad SMARTS) is 1. The van der Waals surface area contributed by atoms with E-state index in [0.29, 0.717) is 5.92 Å². The summed E-state index contributed by atoms with van der Waals surface area (Å²) in [5, 5.41) is 30.6. The standard InChI is InChI=1S/C20H32O4/c1-17-7-3-8-18(2,16(22)23)14(17)6-9-19-10-13(4-5-15(17)19)20(24,11-19)12-21/h13-15,21,24H,3-12H2,1-2H3,(H,22,23)/t13-,14-,15-,17+,18+,19?,20+/m1/s1. The Balaban J connectivity index is 1.73. The van der Waals surface area contributed by atoms with Crippen molar-refractivity contribution in [2.45, 2.75) is 77.2 Å². The van der Waals surface area contributed by atoms with E-state index in [9.17, 15) is 20.1 Å². The Morgan fingerprint density at radius 3 is 2.50 bits per heavy atom. The zero-order valence-corrected chi connectivity index (χ0v) is 15.1. The molecule has 4 heteroatoms. The summed E-state index contributed by atoms with van der Waals surface area (Å²) in [5.74, 6) is 0.348. The van der Waals surface area contributed by atoms with Crippen LogP contribution in [0.1, 0.15) is 71.6 Å². The normalized spacial score (nSPS) is 56.4. The van der Waals surface area contributed by atoms with Crippen molar-refractivity contribution in [3.63, 3.8) is 0 Å². The van der Waals surface area contributed by atoms with E-state index in [1.165, 1.54) is 0 Å². The van der Waals surface area contributed by atoms with Crippen molar-refractivity contribution in [1.29, 1.82) is 0 Å². The highest BCUT2D eigenvalue weighted by Crippen LogP contribution is 2.72. The minimum Gasteiger partial charge on any atom is -0.481 e. The lowest BCUT2D eigenvalue weighted by molar-refractivity contribution is -0.181. The average Bonchev–Trinajstić information content (AvgIpc) is 2.73. The molecule has 4 fully saturated rings. The van der Waals surface area contributed by atoms with E-state index < -0.39 is 17.0 Å². The fraction of sp³-hybridized carbons (Fsp3) is 0.950. The monoisotopic (exact) mass is 336 g/mol. The maximum absolute atomic E-state index is 12.1. The minimum absolute atomic E-state index is 0.0648. The number of hydrogen-bond donors (Lipinski definition) is 3. The van der Waals surface area contributed by atoms with Gasteiger partial charge in [0.05, 0.1) is 17.6 Å². The molecular formula is C20H32O4. The minimum atomic E-state index is -0.900. The van der Waals surface area contributed by atoms with E-state index in [0.717, 1.165) is 57.8 Å². The zero-order valence-electron chi connectivity index (χ0n) is 15.1. The molecule has 4 aliphatic carbocycles. The summed E-state index contributed by atoms with van der Waals surface area (Å²) in [6.45, 7) is 4.19. The van der Waals surface area contributed by atoms with E-state index in [1.807, 2.05) is 6.92 Å². The third-order valence-corrected chi connectivity index (χ3v) is 9.08. The first kappa shape index (κ1) is 16.8. The van der Waals surface area contributed by atoms with Gasteiger partial charge in [0.1, 0.15) is 0 Å². The van der Waals surface area contributed by atoms with Gasteiger partial charge in [-0.2, -0.15) is 0 Å². The molecule has 0 radical (unpaired) electrons. The molecule has 24 heavy (non-hydrogen) atoms. The second kappa shape index (κ2) is 4.97. The molecule has 1 unspecified atom stereocenters. The summed E-state index contributed by atoms with van der Waals surface area (Å²) in [4.78, 5) is 12.1. The van der Waals surface area contributed by atoms with Crippen molar-refractivity contribution in [3.8, 4) is 0 Å². The maximum atomic E-state index is 12.1. The molecule has 0 aromatic carbocycles. The van der Waals surface area contributed by atoms with Gasteiger partial charge in [0.15, 0.2) is 0 Å². The van der Waals surface area contributed by atoms with Crippen LogP contribution in [0.15, 0.2) is 0 Å². The maximum Gasteiger partial charge on any atom is 0.309 e. The molecule has 1 spiro atoms. The molecule has 4 aliphatic rings. The highest BCUT2D eigenvalue weighted by atomic mass is 16.4. The van der Waals surface area contributed by atoms with Crippen LogP contribution in [-0.4, -0.2) is 33.5 Å². The van der Waals surface area contributed by atoms with Crippen LogP contribution in [0.2, 0.25) is 0 Å². The summed E-state index contributed by atoms with van der Waals surface area (Å²) in [6, 6.07) is 0. The van der Waals surface area contributed by atoms with E-state index >= 15 is 0 Å². The number of fused-ring (bicyclic) bond motifs is 3. The Hall–Kier alpha value is -0.610. The predicted octanol–water partition coefficient (Wildman–Crippen LogP) is 3.21. The molecule has 0 aromatic rings. The zero-order chi connectivity index (χ0) is 17.4. The van der Waals surface area contributed by atoms with E-state index in [2.05, 4.69) is 6.92 Å². The molecule has 0 heterocycles. The van der Waals surface area contributed by atoms with Gasteiger partial charge in [-0.1, -0.05) is 13.3 Å². The van der Waals surface area contributed by atoms with Crippen LogP contribution >= 0.6 is 0 Å². The van der Waals surface area contributed by atoms with Gasteiger partial charge in [0.25, 0.3) is 0 Å². The van der Waals surface area contributed by atoms with Crippen molar-refractivity contribution < 1.29 is 20.1 Å². The molecular weight excluding hydrogens is 304 g/mol. The van der Waals surface area contributed by atoms with Crippen molar-refractivity contribution in [3.05, 3.63) is 0 Å². The first-order valence-corrected chi connectivity index (χ1v) is 9.77. The first-order valence-electron chi connectivity index (χ1n) is 9.77. The molecule has 4 nitrogen and oxygen atoms in total. The molecule has 136 valence electrons. The van der Waals surface area contributed by atoms with Crippen LogP contribution in [0.5, 0.6) is 0 Å². The topological polar surface area (TPSA) is 77.8 Å². The average molecular weight is 336 g/mol. The van der Waals surface area contributed by atoms with Crippen LogP contribution < -0.4 is 0 Å². The Bertz CT molecular complexity index is 562. The largest absolute Gasteiger partial charge is 0.481 e. The number of rotatable bonds is 2. The quantitative estimate of drug-likeness (QED) is 0.723. The molecule has 2 bridgehead atoms. The number of aliphatic hydroxyl groups excluding tert-OH is 1. The third kappa shape index (κ3) is 1.90. The van der Waals surface area contributed by atoms with E-state index in [4.69, 9.17) is 0 Å². The van der Waals surface area contributed by atoms with E-state index in [1.54, 1.807) is 0 Å². The summed E-state index contributed by atoms with van der Waals surface area (Å²) < 4.78 is 0. The summed E-state index contributed by atoms with van der Waals surface area (Å²) in [5.41, 5.74) is -1.31. The third-order valence-electron chi connectivity index (χ3n) is 9.08. The number of aliphatic hydroxyl groups is 2. The van der Waals surface area contributed by atoms with Crippen LogP contribution in [0.3, 0.4) is 0 Å². The second-order valence-corrected chi connectivity index (χ2v) is 10.0. The first-order chi connectivity index (χ1) is 11.2. The van der Waals surface area contributed by atoms with Gasteiger partial charge in [-0.3, -0.25) is 4.79 Å². The predicted molar refractivity (Wildman–Crippen MR) is 90.3 cm³/mol. The summed E-state index contributed by atoms with van der Waals surface area (Å²) in [6.07, 6.45) is 8.73. The Kier molecular flexibility index (Phi) is 3.49. The SMILES string of the molecule is C[C@]12CCC[C@](C)(C(=O)O)[C@@H]1CCC13C[C@@H](CC[C@@H]12)[C@@](O)(CO)C3. The van der Waals surface area contributed by atoms with Crippen LogP contribution in [0, 0.1) is 34.0 Å².